The van der Waals surface area contributed by atoms with Crippen LogP contribution in [0.2, 0.25) is 0 Å². The zero-order valence-electron chi connectivity index (χ0n) is 8.95. The second-order valence-electron chi connectivity index (χ2n) is 3.80. The number of benzene rings is 1. The lowest BCUT2D eigenvalue weighted by Crippen LogP contribution is -2.19. The van der Waals surface area contributed by atoms with Crippen molar-refractivity contribution in [1.82, 2.24) is 0 Å². The van der Waals surface area contributed by atoms with Gasteiger partial charge >= 0.3 is 0 Å². The Labute approximate surface area is 101 Å². The predicted molar refractivity (Wildman–Crippen MR) is 68.2 cm³/mol. The summed E-state index contributed by atoms with van der Waals surface area (Å²) in [4.78, 5) is 4.20. The summed E-state index contributed by atoms with van der Waals surface area (Å²) in [5, 5.41) is 0. The molecule has 0 spiro atoms. The molecule has 0 saturated heterocycles. The molecule has 0 unspecified atom stereocenters. The van der Waals surface area contributed by atoms with Crippen LogP contribution in [0.5, 0.6) is 0 Å². The normalized spacial score (nSPS) is 12.6. The molecule has 0 fully saturated rings. The van der Waals surface area contributed by atoms with Gasteiger partial charge in [-0.1, -0.05) is 53.5 Å². The summed E-state index contributed by atoms with van der Waals surface area (Å²) in [7, 11) is 0. The van der Waals surface area contributed by atoms with Gasteiger partial charge in [-0.3, -0.25) is 4.99 Å². The summed E-state index contributed by atoms with van der Waals surface area (Å²) < 4.78 is -0.911. The zero-order valence-corrected chi connectivity index (χ0v) is 10.5. The van der Waals surface area contributed by atoms with Gasteiger partial charge < -0.3 is 0 Å². The Kier molecular flexibility index (Phi) is 4.62. The van der Waals surface area contributed by atoms with Crippen LogP contribution in [-0.2, 0) is 6.42 Å². The van der Waals surface area contributed by atoms with Gasteiger partial charge in [0.25, 0.3) is 0 Å². The van der Waals surface area contributed by atoms with Crippen LogP contribution in [0.3, 0.4) is 0 Å². The second-order valence-corrected chi connectivity index (χ2v) is 5.34. The number of rotatable bonds is 4. The molecule has 1 nitrogen and oxygen atoms in total. The average molecular weight is 244 g/mol. The highest BCUT2D eigenvalue weighted by Crippen LogP contribution is 2.24. The Morgan fingerprint density at radius 2 is 1.87 bits per heavy atom. The van der Waals surface area contributed by atoms with E-state index in [-0.39, 0.29) is 6.04 Å². The molecule has 1 aromatic rings. The molecule has 0 radical (unpaired) electrons. The van der Waals surface area contributed by atoms with E-state index in [1.54, 1.807) is 6.21 Å². The van der Waals surface area contributed by atoms with Crippen LogP contribution in [0.1, 0.15) is 19.4 Å². The molecule has 0 saturated carbocycles. The molecule has 0 amide bonds. The molecule has 0 atom stereocenters. The molecule has 0 heterocycles. The third kappa shape index (κ3) is 5.19. The van der Waals surface area contributed by atoms with E-state index in [1.165, 1.54) is 0 Å². The number of aliphatic imine (C=N–C) groups is 1. The number of alkyl halides is 2. The number of hydrogen-bond acceptors (Lipinski definition) is 1. The van der Waals surface area contributed by atoms with Gasteiger partial charge in [-0.15, -0.1) is 0 Å². The maximum Gasteiger partial charge on any atom is 0.156 e. The highest BCUT2D eigenvalue weighted by atomic mass is 35.5. The lowest BCUT2D eigenvalue weighted by molar-refractivity contribution is 0.829. The Morgan fingerprint density at radius 1 is 1.27 bits per heavy atom. The fraction of sp³-hybridized carbons (Fsp3) is 0.417. The Bertz CT molecular complexity index is 318. The molecule has 3 heteroatoms. The summed E-state index contributed by atoms with van der Waals surface area (Å²) >= 11 is 12.3. The van der Waals surface area contributed by atoms with Crippen LogP contribution in [0, 0.1) is 0 Å². The van der Waals surface area contributed by atoms with Crippen LogP contribution in [0.15, 0.2) is 35.3 Å². The molecular weight excluding hydrogens is 229 g/mol. The summed E-state index contributed by atoms with van der Waals surface area (Å²) in [5.41, 5.74) is 1.11. The summed E-state index contributed by atoms with van der Waals surface area (Å²) in [6.45, 7) is 3.98. The van der Waals surface area contributed by atoms with E-state index in [1.807, 2.05) is 44.2 Å². The van der Waals surface area contributed by atoms with E-state index in [0.717, 1.165) is 5.56 Å². The Balaban J connectivity index is 2.64. The highest BCUT2D eigenvalue weighted by Gasteiger charge is 2.21. The predicted octanol–water partition coefficient (Wildman–Crippen LogP) is 3.88. The third-order valence-electron chi connectivity index (χ3n) is 1.84. The topological polar surface area (TPSA) is 12.4 Å². The van der Waals surface area contributed by atoms with Gasteiger partial charge in [-0.25, -0.2) is 0 Å². The third-order valence-corrected chi connectivity index (χ3v) is 2.31. The van der Waals surface area contributed by atoms with Crippen molar-refractivity contribution in [2.45, 2.75) is 30.6 Å². The maximum absolute atomic E-state index is 6.13. The van der Waals surface area contributed by atoms with Crippen molar-refractivity contribution < 1.29 is 0 Å². The monoisotopic (exact) mass is 243 g/mol. The van der Waals surface area contributed by atoms with Crippen molar-refractivity contribution in [2.75, 3.05) is 0 Å². The van der Waals surface area contributed by atoms with Gasteiger partial charge in [0.1, 0.15) is 0 Å². The van der Waals surface area contributed by atoms with Crippen LogP contribution in [0.4, 0.5) is 0 Å². The van der Waals surface area contributed by atoms with Crippen molar-refractivity contribution in [3.8, 4) is 0 Å². The second kappa shape index (κ2) is 5.53. The van der Waals surface area contributed by atoms with Crippen molar-refractivity contribution >= 4 is 29.4 Å². The minimum Gasteiger partial charge on any atom is -0.292 e. The first-order valence-electron chi connectivity index (χ1n) is 4.96. The molecule has 1 rings (SSSR count). The van der Waals surface area contributed by atoms with Crippen LogP contribution in [0.25, 0.3) is 0 Å². The first kappa shape index (κ1) is 12.5. The Hall–Kier alpha value is -0.530. The van der Waals surface area contributed by atoms with E-state index < -0.39 is 4.33 Å². The molecule has 15 heavy (non-hydrogen) atoms. The van der Waals surface area contributed by atoms with Crippen molar-refractivity contribution in [2.24, 2.45) is 4.99 Å². The molecule has 0 bridgehead atoms. The van der Waals surface area contributed by atoms with Gasteiger partial charge in [-0.2, -0.15) is 0 Å². The number of hydrogen-bond donors (Lipinski definition) is 0. The number of nitrogens with zero attached hydrogens (tertiary/aromatic N) is 1. The standard InChI is InChI=1S/C12H15Cl2N/c1-10(2)15-9-12(13,14)8-11-6-4-3-5-7-11/h3-7,9-10H,8H2,1-2H3. The highest BCUT2D eigenvalue weighted by molar-refractivity contribution is 6.56. The zero-order chi connectivity index (χ0) is 11.3. The summed E-state index contributed by atoms with van der Waals surface area (Å²) in [6, 6.07) is 10.1. The van der Waals surface area contributed by atoms with Crippen LogP contribution < -0.4 is 0 Å². The fourth-order valence-corrected chi connectivity index (χ4v) is 1.59. The van der Waals surface area contributed by atoms with E-state index >= 15 is 0 Å². The van der Waals surface area contributed by atoms with Crippen molar-refractivity contribution in [3.63, 3.8) is 0 Å². The van der Waals surface area contributed by atoms with E-state index in [0.29, 0.717) is 6.42 Å². The van der Waals surface area contributed by atoms with Gasteiger partial charge in [0.15, 0.2) is 4.33 Å². The molecule has 0 aliphatic carbocycles. The van der Waals surface area contributed by atoms with Gasteiger partial charge in [0.05, 0.1) is 0 Å². The number of halogens is 2. The summed E-state index contributed by atoms with van der Waals surface area (Å²) in [5.74, 6) is 0. The summed E-state index contributed by atoms with van der Waals surface area (Å²) in [6.07, 6.45) is 2.20. The minimum atomic E-state index is -0.911. The van der Waals surface area contributed by atoms with Crippen molar-refractivity contribution in [1.29, 1.82) is 0 Å². The fourth-order valence-electron chi connectivity index (χ4n) is 1.17. The lowest BCUT2D eigenvalue weighted by atomic mass is 10.1. The first-order valence-corrected chi connectivity index (χ1v) is 5.71. The van der Waals surface area contributed by atoms with E-state index in [4.69, 9.17) is 23.2 Å². The van der Waals surface area contributed by atoms with Gasteiger partial charge in [0, 0.05) is 18.7 Å². The van der Waals surface area contributed by atoms with Crippen molar-refractivity contribution in [3.05, 3.63) is 35.9 Å². The first-order chi connectivity index (χ1) is 6.99. The molecule has 1 aromatic carbocycles. The average Bonchev–Trinajstić information content (AvgIpc) is 2.16. The molecule has 0 aliphatic rings. The SMILES string of the molecule is CC(C)N=CC(Cl)(Cl)Cc1ccccc1. The van der Waals surface area contributed by atoms with E-state index in [2.05, 4.69) is 4.99 Å². The largest absolute Gasteiger partial charge is 0.292 e. The molecule has 0 aliphatic heterocycles. The Morgan fingerprint density at radius 3 is 2.40 bits per heavy atom. The lowest BCUT2D eigenvalue weighted by Gasteiger charge is -2.14. The van der Waals surface area contributed by atoms with Crippen LogP contribution >= 0.6 is 23.2 Å². The van der Waals surface area contributed by atoms with Gasteiger partial charge in [-0.05, 0) is 19.4 Å². The molecular formula is C12H15Cl2N. The van der Waals surface area contributed by atoms with Gasteiger partial charge in [0.2, 0.25) is 0 Å². The van der Waals surface area contributed by atoms with E-state index in [9.17, 15) is 0 Å². The molecule has 0 aromatic heterocycles. The maximum atomic E-state index is 6.13. The minimum absolute atomic E-state index is 0.220. The van der Waals surface area contributed by atoms with Crippen LogP contribution in [-0.4, -0.2) is 16.6 Å². The smallest absolute Gasteiger partial charge is 0.156 e. The molecule has 82 valence electrons. The molecule has 0 N–H and O–H groups in total. The quantitative estimate of drug-likeness (QED) is 0.563.